The summed E-state index contributed by atoms with van der Waals surface area (Å²) in [4.78, 5) is 30.8. The second-order valence-electron chi connectivity index (χ2n) is 8.33. The molecule has 0 aliphatic carbocycles. The Morgan fingerprint density at radius 2 is 1.71 bits per heavy atom. The number of nitrogens with zero attached hydrogens (tertiary/aromatic N) is 2. The fourth-order valence-electron chi connectivity index (χ4n) is 4.25. The minimum absolute atomic E-state index is 0.134. The fraction of sp³-hybridized carbons (Fsp3) is 0.286. The average molecular weight is 491 g/mol. The van der Waals surface area contributed by atoms with Gasteiger partial charge >= 0.3 is 0 Å². The standard InChI is InChI=1S/C28H30N2O4S/c1-3-29(4-2)16-17-30-25(23-11-8-18-35-23)24(27(32)28(30)33)26(31)21-12-14-22(15-13-21)34-19-20-9-6-5-7-10-20/h5-15,18,25,31H,3-4,16-17,19H2,1-2H3/t25-/m1/s1. The van der Waals surface area contributed by atoms with Crippen LogP contribution >= 0.6 is 11.3 Å². The Bertz CT molecular complexity index is 1170. The number of aliphatic hydroxyl groups is 1. The molecule has 1 aromatic heterocycles. The quantitative estimate of drug-likeness (QED) is 0.244. The zero-order valence-corrected chi connectivity index (χ0v) is 20.8. The summed E-state index contributed by atoms with van der Waals surface area (Å²) in [5.74, 6) is -0.730. The van der Waals surface area contributed by atoms with E-state index in [1.54, 1.807) is 29.2 Å². The maximum absolute atomic E-state index is 13.1. The molecule has 0 radical (unpaired) electrons. The van der Waals surface area contributed by atoms with Gasteiger partial charge in [-0.15, -0.1) is 11.3 Å². The summed E-state index contributed by atoms with van der Waals surface area (Å²) in [6.07, 6.45) is 0. The molecule has 1 N–H and O–H groups in total. The topological polar surface area (TPSA) is 70.1 Å². The van der Waals surface area contributed by atoms with Crippen LogP contribution in [0.3, 0.4) is 0 Å². The Labute approximate surface area is 210 Å². The van der Waals surface area contributed by atoms with Crippen molar-refractivity contribution < 1.29 is 19.4 Å². The Balaban J connectivity index is 1.60. The molecule has 1 atom stereocenters. The van der Waals surface area contributed by atoms with E-state index in [2.05, 4.69) is 18.7 Å². The predicted molar refractivity (Wildman–Crippen MR) is 138 cm³/mol. The van der Waals surface area contributed by atoms with Crippen LogP contribution in [0.5, 0.6) is 5.75 Å². The zero-order valence-electron chi connectivity index (χ0n) is 20.0. The van der Waals surface area contributed by atoms with Crippen molar-refractivity contribution in [1.29, 1.82) is 0 Å². The van der Waals surface area contributed by atoms with Crippen molar-refractivity contribution in [3.05, 3.63) is 93.7 Å². The summed E-state index contributed by atoms with van der Waals surface area (Å²) in [6, 6.07) is 20.0. The van der Waals surface area contributed by atoms with Crippen molar-refractivity contribution in [2.75, 3.05) is 26.2 Å². The van der Waals surface area contributed by atoms with Crippen LogP contribution in [0.4, 0.5) is 0 Å². The number of rotatable bonds is 10. The van der Waals surface area contributed by atoms with Crippen molar-refractivity contribution in [3.8, 4) is 5.75 Å². The summed E-state index contributed by atoms with van der Waals surface area (Å²) in [7, 11) is 0. The number of hydrogen-bond donors (Lipinski definition) is 1. The first-order valence-corrected chi connectivity index (χ1v) is 12.7. The SMILES string of the molecule is CCN(CC)CCN1C(=O)C(=O)C(=C(O)c2ccc(OCc3ccccc3)cc2)[C@H]1c1cccs1. The zero-order chi connectivity index (χ0) is 24.8. The highest BCUT2D eigenvalue weighted by Crippen LogP contribution is 2.41. The van der Waals surface area contributed by atoms with Gasteiger partial charge in [-0.1, -0.05) is 50.2 Å². The third-order valence-electron chi connectivity index (χ3n) is 6.28. The molecular weight excluding hydrogens is 460 g/mol. The number of Topliss-reactive ketones (excluding diaryl/α,β-unsaturated/α-hetero) is 1. The lowest BCUT2D eigenvalue weighted by molar-refractivity contribution is -0.140. The van der Waals surface area contributed by atoms with Crippen molar-refractivity contribution >= 4 is 28.8 Å². The van der Waals surface area contributed by atoms with Gasteiger partial charge in [-0.05, 0) is 54.4 Å². The summed E-state index contributed by atoms with van der Waals surface area (Å²) in [5, 5.41) is 13.1. The van der Waals surface area contributed by atoms with Gasteiger partial charge in [0.25, 0.3) is 11.7 Å². The van der Waals surface area contributed by atoms with Crippen LogP contribution in [-0.2, 0) is 16.2 Å². The van der Waals surface area contributed by atoms with Gasteiger partial charge in [0.1, 0.15) is 18.1 Å². The number of ether oxygens (including phenoxy) is 1. The molecule has 7 heteroatoms. The fourth-order valence-corrected chi connectivity index (χ4v) is 5.09. The number of likely N-dealkylation sites (tertiary alicyclic amines) is 1. The Morgan fingerprint density at radius 3 is 2.34 bits per heavy atom. The first kappa shape index (κ1) is 24.7. The lowest BCUT2D eigenvalue weighted by atomic mass is 10.00. The monoisotopic (exact) mass is 490 g/mol. The van der Waals surface area contributed by atoms with Gasteiger partial charge in [-0.2, -0.15) is 0 Å². The average Bonchev–Trinajstić information content (AvgIpc) is 3.51. The summed E-state index contributed by atoms with van der Waals surface area (Å²) < 4.78 is 5.83. The molecule has 0 unspecified atom stereocenters. The second-order valence-corrected chi connectivity index (χ2v) is 9.31. The van der Waals surface area contributed by atoms with E-state index in [4.69, 9.17) is 4.74 Å². The van der Waals surface area contributed by atoms with Crippen molar-refractivity contribution in [3.63, 3.8) is 0 Å². The molecule has 1 fully saturated rings. The van der Waals surface area contributed by atoms with Gasteiger partial charge in [-0.3, -0.25) is 9.59 Å². The largest absolute Gasteiger partial charge is 0.507 e. The molecule has 0 bridgehead atoms. The number of amides is 1. The van der Waals surface area contributed by atoms with Crippen molar-refractivity contribution in [1.82, 2.24) is 9.80 Å². The van der Waals surface area contributed by atoms with Crippen LogP contribution in [0.2, 0.25) is 0 Å². The molecular formula is C28H30N2O4S. The van der Waals surface area contributed by atoms with Crippen molar-refractivity contribution in [2.24, 2.45) is 0 Å². The minimum Gasteiger partial charge on any atom is -0.507 e. The third kappa shape index (κ3) is 5.47. The molecule has 1 aliphatic heterocycles. The minimum atomic E-state index is -0.648. The Morgan fingerprint density at radius 1 is 1.00 bits per heavy atom. The Kier molecular flexibility index (Phi) is 8.00. The van der Waals surface area contributed by atoms with Crippen LogP contribution in [0.25, 0.3) is 5.76 Å². The second kappa shape index (κ2) is 11.3. The van der Waals surface area contributed by atoms with Crippen LogP contribution < -0.4 is 4.74 Å². The smallest absolute Gasteiger partial charge is 0.295 e. The van der Waals surface area contributed by atoms with Crippen LogP contribution in [-0.4, -0.2) is 52.8 Å². The lowest BCUT2D eigenvalue weighted by Crippen LogP contribution is -2.37. The molecule has 1 amide bonds. The van der Waals surface area contributed by atoms with Gasteiger partial charge in [0.15, 0.2) is 0 Å². The lowest BCUT2D eigenvalue weighted by Gasteiger charge is -2.27. The van der Waals surface area contributed by atoms with Crippen LogP contribution in [0.15, 0.2) is 77.7 Å². The molecule has 0 spiro atoms. The highest BCUT2D eigenvalue weighted by atomic mass is 32.1. The van der Waals surface area contributed by atoms with Crippen molar-refractivity contribution in [2.45, 2.75) is 26.5 Å². The number of carbonyl (C=O) groups excluding carboxylic acids is 2. The molecule has 3 aromatic rings. The van der Waals surface area contributed by atoms with E-state index in [0.717, 1.165) is 23.5 Å². The number of ketones is 1. The summed E-state index contributed by atoms with van der Waals surface area (Å²) >= 11 is 1.47. The highest BCUT2D eigenvalue weighted by molar-refractivity contribution is 7.10. The van der Waals surface area contributed by atoms with Gasteiger partial charge in [0.05, 0.1) is 11.6 Å². The van der Waals surface area contributed by atoms with E-state index in [1.165, 1.54) is 11.3 Å². The number of likely N-dealkylation sites (N-methyl/N-ethyl adjacent to an activating group) is 1. The molecule has 2 heterocycles. The molecule has 6 nitrogen and oxygen atoms in total. The normalized spacial score (nSPS) is 17.3. The van der Waals surface area contributed by atoms with Gasteiger partial charge in [0, 0.05) is 23.5 Å². The summed E-state index contributed by atoms with van der Waals surface area (Å²) in [5.41, 5.74) is 1.66. The highest BCUT2D eigenvalue weighted by Gasteiger charge is 2.46. The van der Waals surface area contributed by atoms with Gasteiger partial charge < -0.3 is 19.6 Å². The number of carbonyl (C=O) groups is 2. The first-order valence-electron chi connectivity index (χ1n) is 11.8. The maximum Gasteiger partial charge on any atom is 0.295 e. The molecule has 1 saturated heterocycles. The molecule has 35 heavy (non-hydrogen) atoms. The van der Waals surface area contributed by atoms with E-state index in [9.17, 15) is 14.7 Å². The van der Waals surface area contributed by atoms with Crippen LogP contribution in [0.1, 0.15) is 35.9 Å². The maximum atomic E-state index is 13.1. The molecule has 1 aliphatic rings. The molecule has 2 aromatic carbocycles. The van der Waals surface area contributed by atoms with E-state index in [-0.39, 0.29) is 11.3 Å². The predicted octanol–water partition coefficient (Wildman–Crippen LogP) is 5.09. The summed E-state index contributed by atoms with van der Waals surface area (Å²) in [6.45, 7) is 7.38. The van der Waals surface area contributed by atoms with Gasteiger partial charge in [-0.25, -0.2) is 0 Å². The number of aliphatic hydroxyl groups excluding tert-OH is 1. The van der Waals surface area contributed by atoms with Gasteiger partial charge in [0.2, 0.25) is 0 Å². The van der Waals surface area contributed by atoms with E-state index < -0.39 is 17.7 Å². The Hall–Kier alpha value is -3.42. The molecule has 182 valence electrons. The number of benzene rings is 2. The number of thiophene rings is 1. The van der Waals surface area contributed by atoms with Crippen LogP contribution in [0, 0.1) is 0 Å². The third-order valence-corrected chi connectivity index (χ3v) is 7.21. The molecule has 4 rings (SSSR count). The van der Waals surface area contributed by atoms with E-state index >= 15 is 0 Å². The van der Waals surface area contributed by atoms with E-state index in [1.807, 2.05) is 47.8 Å². The van der Waals surface area contributed by atoms with E-state index in [0.29, 0.717) is 31.0 Å². The molecule has 0 saturated carbocycles. The first-order chi connectivity index (χ1) is 17.0. The number of hydrogen-bond acceptors (Lipinski definition) is 6.